The number of ether oxygens (including phenoxy) is 1. The molecule has 2 aromatic heterocycles. The van der Waals surface area contributed by atoms with Crippen LogP contribution in [0.25, 0.3) is 10.2 Å². The smallest absolute Gasteiger partial charge is 0.313 e. The number of fused-ring (bicyclic) bond motifs is 3. The highest BCUT2D eigenvalue weighted by molar-refractivity contribution is 7.19. The third-order valence-electron chi connectivity index (χ3n) is 4.76. The van der Waals surface area contributed by atoms with Crippen LogP contribution >= 0.6 is 22.9 Å². The van der Waals surface area contributed by atoms with Crippen LogP contribution in [0.1, 0.15) is 34.7 Å². The number of rotatable bonds is 5. The van der Waals surface area contributed by atoms with Crippen molar-refractivity contribution in [2.45, 2.75) is 38.6 Å². The first-order chi connectivity index (χ1) is 13.1. The maximum absolute atomic E-state index is 11.7. The summed E-state index contributed by atoms with van der Waals surface area (Å²) in [5.41, 5.74) is 2.48. The predicted molar refractivity (Wildman–Crippen MR) is 109 cm³/mol. The summed E-state index contributed by atoms with van der Waals surface area (Å²) in [6, 6.07) is 7.74. The average molecular weight is 402 g/mol. The second-order valence-corrected chi connectivity index (χ2v) is 8.13. The third-order valence-corrected chi connectivity index (χ3v) is 6.20. The van der Waals surface area contributed by atoms with Crippen LogP contribution in [0.4, 0.5) is 5.82 Å². The van der Waals surface area contributed by atoms with Crippen LogP contribution in [0.2, 0.25) is 5.02 Å². The van der Waals surface area contributed by atoms with E-state index in [0.717, 1.165) is 39.5 Å². The first-order valence-electron chi connectivity index (χ1n) is 9.00. The molecular weight excluding hydrogens is 382 g/mol. The van der Waals surface area contributed by atoms with E-state index in [9.17, 15) is 4.79 Å². The van der Waals surface area contributed by atoms with E-state index in [1.165, 1.54) is 30.4 Å². The fraction of sp³-hybridized carbons (Fsp3) is 0.350. The molecule has 0 fully saturated rings. The summed E-state index contributed by atoms with van der Waals surface area (Å²) < 4.78 is 4.78. The van der Waals surface area contributed by atoms with E-state index in [1.807, 2.05) is 24.3 Å². The Morgan fingerprint density at radius 2 is 2.00 bits per heavy atom. The molecule has 2 heterocycles. The number of nitrogens with one attached hydrogen (secondary N) is 1. The minimum absolute atomic E-state index is 0.0740. The second kappa shape index (κ2) is 7.82. The van der Waals surface area contributed by atoms with Crippen molar-refractivity contribution in [1.82, 2.24) is 9.97 Å². The van der Waals surface area contributed by atoms with Gasteiger partial charge in [0.05, 0.1) is 12.5 Å². The van der Waals surface area contributed by atoms with Crippen molar-refractivity contribution in [2.75, 3.05) is 12.4 Å². The summed E-state index contributed by atoms with van der Waals surface area (Å²) in [4.78, 5) is 23.4. The number of nitrogens with zero attached hydrogens (tertiary/aromatic N) is 2. The summed E-state index contributed by atoms with van der Waals surface area (Å²) in [5, 5.41) is 5.28. The largest absolute Gasteiger partial charge is 0.469 e. The molecule has 1 N–H and O–H groups in total. The van der Waals surface area contributed by atoms with E-state index in [2.05, 4.69) is 15.3 Å². The molecule has 0 spiro atoms. The molecule has 0 unspecified atom stereocenters. The van der Waals surface area contributed by atoms with Crippen molar-refractivity contribution in [2.24, 2.45) is 0 Å². The lowest BCUT2D eigenvalue weighted by molar-refractivity contribution is -0.139. The van der Waals surface area contributed by atoms with E-state index in [0.29, 0.717) is 12.4 Å². The Balaban J connectivity index is 1.71. The number of benzene rings is 1. The SMILES string of the molecule is COC(=O)Cc1nc(NCc2ccc(Cl)cc2)c2c3c(sc2n1)CCCC3. The Morgan fingerprint density at radius 1 is 1.22 bits per heavy atom. The van der Waals surface area contributed by atoms with Gasteiger partial charge in [-0.25, -0.2) is 9.97 Å². The number of carbonyl (C=O) groups excluding carboxylic acids is 1. The van der Waals surface area contributed by atoms with E-state index in [1.54, 1.807) is 11.3 Å². The van der Waals surface area contributed by atoms with Gasteiger partial charge in [0.15, 0.2) is 0 Å². The normalized spacial score (nSPS) is 13.4. The molecule has 4 rings (SSSR count). The van der Waals surface area contributed by atoms with E-state index >= 15 is 0 Å². The Bertz CT molecular complexity index is 985. The van der Waals surface area contributed by atoms with Gasteiger partial charge in [0, 0.05) is 16.4 Å². The van der Waals surface area contributed by atoms with Crippen LogP contribution in [0.15, 0.2) is 24.3 Å². The Labute approximate surface area is 166 Å². The molecule has 0 amide bonds. The molecule has 140 valence electrons. The van der Waals surface area contributed by atoms with E-state index < -0.39 is 0 Å². The lowest BCUT2D eigenvalue weighted by Gasteiger charge is -2.13. The molecule has 0 radical (unpaired) electrons. The Kier molecular flexibility index (Phi) is 5.27. The van der Waals surface area contributed by atoms with Crippen LogP contribution in [-0.4, -0.2) is 23.0 Å². The molecule has 0 saturated carbocycles. The van der Waals surface area contributed by atoms with Gasteiger partial charge >= 0.3 is 5.97 Å². The number of anilines is 1. The zero-order valence-corrected chi connectivity index (χ0v) is 16.6. The molecule has 7 heteroatoms. The van der Waals surface area contributed by atoms with Gasteiger partial charge in [-0.1, -0.05) is 23.7 Å². The molecule has 0 bridgehead atoms. The number of thiophene rings is 1. The van der Waals surface area contributed by atoms with Crippen LogP contribution in [0, 0.1) is 0 Å². The molecule has 3 aromatic rings. The quantitative estimate of drug-likeness (QED) is 0.635. The zero-order chi connectivity index (χ0) is 18.8. The minimum Gasteiger partial charge on any atom is -0.469 e. The number of hydrogen-bond acceptors (Lipinski definition) is 6. The Morgan fingerprint density at radius 3 is 2.78 bits per heavy atom. The number of hydrogen-bond donors (Lipinski definition) is 1. The van der Waals surface area contributed by atoms with Gasteiger partial charge in [-0.15, -0.1) is 11.3 Å². The maximum atomic E-state index is 11.7. The fourth-order valence-corrected chi connectivity index (χ4v) is 4.80. The van der Waals surface area contributed by atoms with Crippen LogP contribution in [-0.2, 0) is 35.3 Å². The molecule has 27 heavy (non-hydrogen) atoms. The number of aromatic nitrogens is 2. The van der Waals surface area contributed by atoms with Crippen LogP contribution in [0.5, 0.6) is 0 Å². The number of methoxy groups -OCH3 is 1. The van der Waals surface area contributed by atoms with Crippen molar-refractivity contribution in [3.05, 3.63) is 51.1 Å². The van der Waals surface area contributed by atoms with Crippen LogP contribution in [0.3, 0.4) is 0 Å². The summed E-state index contributed by atoms with van der Waals surface area (Å²) in [5.74, 6) is 0.958. The number of halogens is 1. The van der Waals surface area contributed by atoms with Crippen molar-refractivity contribution >= 4 is 44.9 Å². The Hall–Kier alpha value is -2.18. The zero-order valence-electron chi connectivity index (χ0n) is 15.0. The summed E-state index contributed by atoms with van der Waals surface area (Å²) in [7, 11) is 1.38. The number of carbonyl (C=O) groups is 1. The van der Waals surface area contributed by atoms with Gasteiger partial charge < -0.3 is 10.1 Å². The lowest BCUT2D eigenvalue weighted by atomic mass is 9.97. The maximum Gasteiger partial charge on any atom is 0.313 e. The molecule has 1 aliphatic rings. The molecule has 0 aliphatic heterocycles. The highest BCUT2D eigenvalue weighted by Crippen LogP contribution is 2.38. The van der Waals surface area contributed by atoms with Crippen LogP contribution < -0.4 is 5.32 Å². The first kappa shape index (κ1) is 18.2. The van der Waals surface area contributed by atoms with E-state index in [-0.39, 0.29) is 12.4 Å². The van der Waals surface area contributed by atoms with Gasteiger partial charge in [0.1, 0.15) is 22.9 Å². The summed E-state index contributed by atoms with van der Waals surface area (Å²) in [6.45, 7) is 0.631. The molecular formula is C20H20ClN3O2S. The van der Waals surface area contributed by atoms with Gasteiger partial charge in [-0.3, -0.25) is 4.79 Å². The molecule has 1 aliphatic carbocycles. The van der Waals surface area contributed by atoms with Gasteiger partial charge in [0.25, 0.3) is 0 Å². The van der Waals surface area contributed by atoms with Gasteiger partial charge in [-0.05, 0) is 48.9 Å². The standard InChI is InChI=1S/C20H20ClN3O2S/c1-26-17(25)10-16-23-19(22-11-12-6-8-13(21)9-7-12)18-14-4-2-3-5-15(14)27-20(18)24-16/h6-9H,2-5,10-11H2,1H3,(H,22,23,24). The van der Waals surface area contributed by atoms with Gasteiger partial charge in [-0.2, -0.15) is 0 Å². The predicted octanol–water partition coefficient (Wildman–Crippen LogP) is 4.55. The second-order valence-electron chi connectivity index (χ2n) is 6.61. The first-order valence-corrected chi connectivity index (χ1v) is 10.2. The topological polar surface area (TPSA) is 64.1 Å². The third kappa shape index (κ3) is 3.92. The molecule has 0 saturated heterocycles. The van der Waals surface area contributed by atoms with Crippen molar-refractivity contribution < 1.29 is 9.53 Å². The fourth-order valence-electron chi connectivity index (χ4n) is 3.40. The highest BCUT2D eigenvalue weighted by Gasteiger charge is 2.21. The van der Waals surface area contributed by atoms with Crippen molar-refractivity contribution in [1.29, 1.82) is 0 Å². The lowest BCUT2D eigenvalue weighted by Crippen LogP contribution is -2.11. The summed E-state index contributed by atoms with van der Waals surface area (Å²) in [6.07, 6.45) is 4.64. The molecule has 5 nitrogen and oxygen atoms in total. The number of esters is 1. The minimum atomic E-state index is -0.334. The average Bonchev–Trinajstić information content (AvgIpc) is 3.05. The highest BCUT2D eigenvalue weighted by atomic mass is 35.5. The van der Waals surface area contributed by atoms with Crippen molar-refractivity contribution in [3.8, 4) is 0 Å². The monoisotopic (exact) mass is 401 g/mol. The summed E-state index contributed by atoms with van der Waals surface area (Å²) >= 11 is 7.70. The van der Waals surface area contributed by atoms with E-state index in [4.69, 9.17) is 16.3 Å². The van der Waals surface area contributed by atoms with Crippen molar-refractivity contribution in [3.63, 3.8) is 0 Å². The molecule has 1 aromatic carbocycles. The molecule has 0 atom stereocenters. The number of aryl methyl sites for hydroxylation is 2. The van der Waals surface area contributed by atoms with Gasteiger partial charge in [0.2, 0.25) is 0 Å².